The number of anilines is 1. The molecule has 0 saturated heterocycles. The minimum absolute atomic E-state index is 0.275. The third kappa shape index (κ3) is 3.19. The molecule has 0 unspecified atom stereocenters. The van der Waals surface area contributed by atoms with Gasteiger partial charge in [-0.25, -0.2) is 9.48 Å². The number of halogens is 1. The summed E-state index contributed by atoms with van der Waals surface area (Å²) in [4.78, 5) is 17.3. The maximum absolute atomic E-state index is 13.0. The zero-order valence-electron chi connectivity index (χ0n) is 14.6. The number of nitrogens with one attached hydrogen (secondary N) is 1. The van der Waals surface area contributed by atoms with Crippen molar-refractivity contribution in [3.63, 3.8) is 0 Å². The molecule has 27 heavy (non-hydrogen) atoms. The maximum Gasteiger partial charge on any atom is 0.338 e. The van der Waals surface area contributed by atoms with Crippen molar-refractivity contribution in [2.75, 3.05) is 11.9 Å². The molecule has 1 atom stereocenters. The van der Waals surface area contributed by atoms with Crippen molar-refractivity contribution in [2.24, 2.45) is 0 Å². The molecule has 4 rings (SSSR count). The summed E-state index contributed by atoms with van der Waals surface area (Å²) in [6, 6.07) is 16.5. The van der Waals surface area contributed by atoms with Crippen LogP contribution in [0.1, 0.15) is 24.1 Å². The summed E-state index contributed by atoms with van der Waals surface area (Å²) in [5.41, 5.74) is 2.80. The highest BCUT2D eigenvalue weighted by Crippen LogP contribution is 2.39. The van der Waals surface area contributed by atoms with Crippen LogP contribution in [0.2, 0.25) is 5.02 Å². The number of carbonyl (C=O) groups excluding carboxylic acids is 1. The van der Waals surface area contributed by atoms with Crippen LogP contribution in [0.15, 0.2) is 66.5 Å². The van der Waals surface area contributed by atoms with Gasteiger partial charge in [0.05, 0.1) is 17.9 Å². The van der Waals surface area contributed by atoms with E-state index in [0.29, 0.717) is 22.2 Å². The summed E-state index contributed by atoms with van der Waals surface area (Å²) in [6.07, 6.45) is 1.45. The van der Waals surface area contributed by atoms with E-state index >= 15 is 0 Å². The number of rotatable bonds is 4. The van der Waals surface area contributed by atoms with Gasteiger partial charge >= 0.3 is 5.97 Å². The molecule has 1 aromatic heterocycles. The lowest BCUT2D eigenvalue weighted by Gasteiger charge is -2.29. The Hall–Kier alpha value is -3.12. The summed E-state index contributed by atoms with van der Waals surface area (Å²) >= 11 is 6.21. The van der Waals surface area contributed by atoms with Crippen LogP contribution in [0.4, 0.5) is 5.95 Å². The van der Waals surface area contributed by atoms with Crippen LogP contribution in [-0.2, 0) is 9.53 Å². The number of hydrogen-bond acceptors (Lipinski definition) is 5. The van der Waals surface area contributed by atoms with E-state index in [4.69, 9.17) is 16.3 Å². The second-order valence-corrected chi connectivity index (χ2v) is 6.42. The molecule has 136 valence electrons. The van der Waals surface area contributed by atoms with E-state index < -0.39 is 12.0 Å². The summed E-state index contributed by atoms with van der Waals surface area (Å²) in [7, 11) is 0. The van der Waals surface area contributed by atoms with Crippen molar-refractivity contribution in [1.29, 1.82) is 0 Å². The quantitative estimate of drug-likeness (QED) is 0.695. The van der Waals surface area contributed by atoms with Crippen molar-refractivity contribution >= 4 is 29.2 Å². The summed E-state index contributed by atoms with van der Waals surface area (Å²) < 4.78 is 7.05. The predicted molar refractivity (Wildman–Crippen MR) is 103 cm³/mol. The van der Waals surface area contributed by atoms with E-state index in [-0.39, 0.29) is 6.61 Å². The molecule has 2 heterocycles. The average molecular weight is 381 g/mol. The minimum atomic E-state index is -0.503. The lowest BCUT2D eigenvalue weighted by molar-refractivity contribution is -0.138. The fourth-order valence-electron chi connectivity index (χ4n) is 3.21. The molecule has 2 aromatic carbocycles. The Morgan fingerprint density at radius 1 is 1.22 bits per heavy atom. The van der Waals surface area contributed by atoms with Crippen LogP contribution in [0.25, 0.3) is 5.70 Å². The standard InChI is InChI=1S/C20H17ClN4O2/c1-2-27-19(26)16-17(13-7-4-3-5-8-13)24-20-22-12-23-25(20)18(16)14-9-6-10-15(21)11-14/h3-12,18H,2H2,1H3,(H,22,23,24)/t18-/m1/s1. The summed E-state index contributed by atoms with van der Waals surface area (Å²) in [5, 5.41) is 8.14. The highest BCUT2D eigenvalue weighted by Gasteiger charge is 2.36. The third-order valence-electron chi connectivity index (χ3n) is 4.32. The molecule has 1 aliphatic rings. The first kappa shape index (κ1) is 17.3. The zero-order chi connectivity index (χ0) is 18.8. The van der Waals surface area contributed by atoms with Gasteiger partial charge in [-0.15, -0.1) is 0 Å². The molecule has 0 spiro atoms. The van der Waals surface area contributed by atoms with Gasteiger partial charge in [0, 0.05) is 5.02 Å². The van der Waals surface area contributed by atoms with Crippen LogP contribution >= 0.6 is 11.6 Å². The fraction of sp³-hybridized carbons (Fsp3) is 0.150. The molecular formula is C20H17ClN4O2. The number of nitrogens with zero attached hydrogens (tertiary/aromatic N) is 3. The molecule has 0 radical (unpaired) electrons. The topological polar surface area (TPSA) is 69.0 Å². The predicted octanol–water partition coefficient (Wildman–Crippen LogP) is 3.92. The number of benzene rings is 2. The molecule has 7 heteroatoms. The average Bonchev–Trinajstić information content (AvgIpc) is 3.15. The highest BCUT2D eigenvalue weighted by molar-refractivity contribution is 6.30. The molecule has 0 aliphatic carbocycles. The fourth-order valence-corrected chi connectivity index (χ4v) is 3.40. The molecular weight excluding hydrogens is 364 g/mol. The van der Waals surface area contributed by atoms with E-state index in [1.165, 1.54) is 6.33 Å². The van der Waals surface area contributed by atoms with Gasteiger partial charge in [0.2, 0.25) is 5.95 Å². The van der Waals surface area contributed by atoms with Crippen LogP contribution in [0.3, 0.4) is 0 Å². The smallest absolute Gasteiger partial charge is 0.338 e. The van der Waals surface area contributed by atoms with Gasteiger partial charge < -0.3 is 10.1 Å². The first-order valence-electron chi connectivity index (χ1n) is 8.57. The van der Waals surface area contributed by atoms with E-state index in [2.05, 4.69) is 15.4 Å². The van der Waals surface area contributed by atoms with Gasteiger partial charge in [-0.1, -0.05) is 54.1 Å². The zero-order valence-corrected chi connectivity index (χ0v) is 15.3. The first-order chi connectivity index (χ1) is 13.2. The van der Waals surface area contributed by atoms with Gasteiger partial charge in [-0.05, 0) is 30.2 Å². The Bertz CT molecular complexity index is 1010. The van der Waals surface area contributed by atoms with Gasteiger partial charge in [0.25, 0.3) is 0 Å². The van der Waals surface area contributed by atoms with E-state index in [1.54, 1.807) is 17.7 Å². The first-order valence-corrected chi connectivity index (χ1v) is 8.95. The minimum Gasteiger partial charge on any atom is -0.463 e. The number of ether oxygens (including phenoxy) is 1. The molecule has 0 saturated carbocycles. The monoisotopic (exact) mass is 380 g/mol. The van der Waals surface area contributed by atoms with Crippen molar-refractivity contribution in [2.45, 2.75) is 13.0 Å². The molecule has 1 N–H and O–H groups in total. The van der Waals surface area contributed by atoms with Gasteiger partial charge in [-0.2, -0.15) is 10.1 Å². The molecule has 0 bridgehead atoms. The van der Waals surface area contributed by atoms with Crippen molar-refractivity contribution in [3.05, 3.63) is 82.6 Å². The van der Waals surface area contributed by atoms with Crippen LogP contribution in [0.5, 0.6) is 0 Å². The third-order valence-corrected chi connectivity index (χ3v) is 4.55. The van der Waals surface area contributed by atoms with Crippen LogP contribution in [-0.4, -0.2) is 27.3 Å². The van der Waals surface area contributed by atoms with Crippen molar-refractivity contribution < 1.29 is 9.53 Å². The van der Waals surface area contributed by atoms with Crippen molar-refractivity contribution in [1.82, 2.24) is 14.8 Å². The Morgan fingerprint density at radius 2 is 2.04 bits per heavy atom. The normalized spacial score (nSPS) is 15.9. The summed E-state index contributed by atoms with van der Waals surface area (Å²) in [6.45, 7) is 2.06. The molecule has 0 fully saturated rings. The number of hydrogen-bond donors (Lipinski definition) is 1. The van der Waals surface area contributed by atoms with Crippen molar-refractivity contribution in [3.8, 4) is 0 Å². The van der Waals surface area contributed by atoms with E-state index in [1.807, 2.05) is 48.5 Å². The molecule has 3 aromatic rings. The van der Waals surface area contributed by atoms with E-state index in [0.717, 1.165) is 11.1 Å². The van der Waals surface area contributed by atoms with Gasteiger partial charge in [0.15, 0.2) is 0 Å². The lowest BCUT2D eigenvalue weighted by atomic mass is 9.93. The molecule has 0 amide bonds. The number of aromatic nitrogens is 3. The van der Waals surface area contributed by atoms with Crippen LogP contribution in [0, 0.1) is 0 Å². The number of carbonyl (C=O) groups is 1. The molecule has 6 nitrogen and oxygen atoms in total. The Labute approximate surface area is 161 Å². The number of esters is 1. The van der Waals surface area contributed by atoms with E-state index in [9.17, 15) is 4.79 Å². The highest BCUT2D eigenvalue weighted by atomic mass is 35.5. The largest absolute Gasteiger partial charge is 0.463 e. The lowest BCUT2D eigenvalue weighted by Crippen LogP contribution is -2.30. The SMILES string of the molecule is CCOC(=O)C1=C(c2ccccc2)Nc2ncnn2[C@@H]1c1cccc(Cl)c1. The summed E-state index contributed by atoms with van der Waals surface area (Å²) in [5.74, 6) is 0.141. The van der Waals surface area contributed by atoms with Crippen LogP contribution < -0.4 is 5.32 Å². The Balaban J connectivity index is 1.97. The molecule has 1 aliphatic heterocycles. The second kappa shape index (κ2) is 7.25. The Kier molecular flexibility index (Phi) is 4.64. The Morgan fingerprint density at radius 3 is 2.78 bits per heavy atom. The van der Waals surface area contributed by atoms with Gasteiger partial charge in [-0.3, -0.25) is 0 Å². The maximum atomic E-state index is 13.0. The number of fused-ring (bicyclic) bond motifs is 1. The van der Waals surface area contributed by atoms with Gasteiger partial charge in [0.1, 0.15) is 12.4 Å². The second-order valence-electron chi connectivity index (χ2n) is 5.99.